The summed E-state index contributed by atoms with van der Waals surface area (Å²) in [6.07, 6.45) is 2.18. The first kappa shape index (κ1) is 14.0. The van der Waals surface area contributed by atoms with Crippen molar-refractivity contribution in [2.24, 2.45) is 0 Å². The number of methoxy groups -OCH3 is 1. The quantitative estimate of drug-likeness (QED) is 0.675. The Hall–Kier alpha value is -1.10. The zero-order chi connectivity index (χ0) is 12.7. The summed E-state index contributed by atoms with van der Waals surface area (Å²) in [7, 11) is 1.36. The average Bonchev–Trinajstić information content (AvgIpc) is 2.38. The van der Waals surface area contributed by atoms with E-state index in [1.54, 1.807) is 0 Å². The lowest BCUT2D eigenvalue weighted by Gasteiger charge is -2.35. The van der Waals surface area contributed by atoms with Gasteiger partial charge in [-0.15, -0.1) is 0 Å². The first-order valence-electron chi connectivity index (χ1n) is 6.13. The van der Waals surface area contributed by atoms with E-state index in [1.807, 2.05) is 11.8 Å². The van der Waals surface area contributed by atoms with Crippen LogP contribution in [0.1, 0.15) is 32.6 Å². The Balaban J connectivity index is 2.32. The van der Waals surface area contributed by atoms with E-state index in [-0.39, 0.29) is 17.9 Å². The van der Waals surface area contributed by atoms with Gasteiger partial charge in [0.25, 0.3) is 0 Å². The van der Waals surface area contributed by atoms with Gasteiger partial charge in [0.2, 0.25) is 5.91 Å². The molecule has 1 rings (SSSR count). The summed E-state index contributed by atoms with van der Waals surface area (Å²) in [4.78, 5) is 24.8. The molecular weight excluding hydrogens is 222 g/mol. The zero-order valence-electron chi connectivity index (χ0n) is 10.6. The third-order valence-electron chi connectivity index (χ3n) is 3.02. The number of carbonyl (C=O) groups is 2. The predicted molar refractivity (Wildman–Crippen MR) is 62.5 cm³/mol. The van der Waals surface area contributed by atoms with E-state index in [2.05, 4.69) is 4.74 Å². The Morgan fingerprint density at radius 3 is 2.82 bits per heavy atom. The fraction of sp³-hybridized carbons (Fsp3) is 0.833. The number of carbonyl (C=O) groups excluding carboxylic acids is 2. The minimum absolute atomic E-state index is 0.115. The van der Waals surface area contributed by atoms with Gasteiger partial charge in [0, 0.05) is 19.4 Å². The van der Waals surface area contributed by atoms with Crippen LogP contribution in [0.15, 0.2) is 0 Å². The molecule has 1 saturated heterocycles. The summed E-state index contributed by atoms with van der Waals surface area (Å²) >= 11 is 0. The Morgan fingerprint density at radius 1 is 1.41 bits per heavy atom. The molecule has 0 aromatic rings. The molecule has 0 aliphatic carbocycles. The van der Waals surface area contributed by atoms with Gasteiger partial charge in [0.15, 0.2) is 0 Å². The number of amides is 1. The molecule has 5 heteroatoms. The minimum Gasteiger partial charge on any atom is -0.469 e. The molecule has 1 fully saturated rings. The first-order valence-corrected chi connectivity index (χ1v) is 6.13. The van der Waals surface area contributed by atoms with Crippen LogP contribution in [-0.2, 0) is 19.1 Å². The van der Waals surface area contributed by atoms with Crippen LogP contribution in [0.25, 0.3) is 0 Å². The molecular formula is C12H21NO4. The van der Waals surface area contributed by atoms with Crippen molar-refractivity contribution in [3.05, 3.63) is 0 Å². The lowest BCUT2D eigenvalue weighted by atomic mass is 10.1. The number of esters is 1. The summed E-state index contributed by atoms with van der Waals surface area (Å²) in [5.41, 5.74) is 0. The second kappa shape index (κ2) is 7.27. The predicted octanol–water partition coefficient (Wildman–Crippen LogP) is 0.967. The maximum Gasteiger partial charge on any atom is 0.305 e. The molecule has 0 bridgehead atoms. The largest absolute Gasteiger partial charge is 0.469 e. The molecule has 0 aromatic carbocycles. The van der Waals surface area contributed by atoms with Crippen LogP contribution in [0.5, 0.6) is 0 Å². The fourth-order valence-corrected chi connectivity index (χ4v) is 1.95. The number of hydrogen-bond acceptors (Lipinski definition) is 4. The maximum absolute atomic E-state index is 12.0. The van der Waals surface area contributed by atoms with Crippen molar-refractivity contribution < 1.29 is 19.1 Å². The molecule has 1 aliphatic rings. The van der Waals surface area contributed by atoms with E-state index in [0.29, 0.717) is 39.0 Å². The number of hydrogen-bond donors (Lipinski definition) is 0. The summed E-state index contributed by atoms with van der Waals surface area (Å²) in [6.45, 7) is 3.95. The molecule has 0 N–H and O–H groups in total. The lowest BCUT2D eigenvalue weighted by molar-refractivity contribution is -0.142. The molecule has 98 valence electrons. The van der Waals surface area contributed by atoms with Gasteiger partial charge >= 0.3 is 5.97 Å². The summed E-state index contributed by atoms with van der Waals surface area (Å²) in [6, 6.07) is 0.189. The minimum atomic E-state index is -0.258. The molecule has 0 unspecified atom stereocenters. The third-order valence-corrected chi connectivity index (χ3v) is 3.02. The van der Waals surface area contributed by atoms with E-state index in [4.69, 9.17) is 4.74 Å². The van der Waals surface area contributed by atoms with Crippen LogP contribution >= 0.6 is 0 Å². The molecule has 1 heterocycles. The van der Waals surface area contributed by atoms with Crippen molar-refractivity contribution in [3.8, 4) is 0 Å². The van der Waals surface area contributed by atoms with Gasteiger partial charge in [-0.1, -0.05) is 6.92 Å². The van der Waals surface area contributed by atoms with Crippen molar-refractivity contribution in [1.29, 1.82) is 0 Å². The van der Waals surface area contributed by atoms with Crippen LogP contribution in [0.3, 0.4) is 0 Å². The van der Waals surface area contributed by atoms with E-state index in [1.165, 1.54) is 7.11 Å². The van der Waals surface area contributed by atoms with Crippen LogP contribution in [0, 0.1) is 0 Å². The smallest absolute Gasteiger partial charge is 0.305 e. The molecule has 0 saturated carbocycles. The SMILES string of the molecule is CC[C@H]1COCCN1C(=O)CCCC(=O)OC. The van der Waals surface area contributed by atoms with Gasteiger partial charge in [0.1, 0.15) is 0 Å². The van der Waals surface area contributed by atoms with Gasteiger partial charge in [0.05, 0.1) is 26.4 Å². The molecule has 5 nitrogen and oxygen atoms in total. The van der Waals surface area contributed by atoms with Crippen molar-refractivity contribution in [2.45, 2.75) is 38.6 Å². The molecule has 17 heavy (non-hydrogen) atoms. The number of ether oxygens (including phenoxy) is 2. The van der Waals surface area contributed by atoms with Crippen LogP contribution in [0.2, 0.25) is 0 Å². The van der Waals surface area contributed by atoms with E-state index >= 15 is 0 Å². The Kier molecular flexibility index (Phi) is 5.97. The van der Waals surface area contributed by atoms with Crippen molar-refractivity contribution >= 4 is 11.9 Å². The van der Waals surface area contributed by atoms with Crippen LogP contribution < -0.4 is 0 Å². The van der Waals surface area contributed by atoms with E-state index < -0.39 is 0 Å². The van der Waals surface area contributed by atoms with E-state index in [9.17, 15) is 9.59 Å². The number of rotatable bonds is 5. The Bertz CT molecular complexity index is 267. The second-order valence-electron chi connectivity index (χ2n) is 4.15. The third kappa shape index (κ3) is 4.34. The van der Waals surface area contributed by atoms with Crippen LogP contribution in [-0.4, -0.2) is 49.7 Å². The van der Waals surface area contributed by atoms with Gasteiger partial charge < -0.3 is 14.4 Å². The highest BCUT2D eigenvalue weighted by molar-refractivity contribution is 5.77. The molecule has 0 aromatic heterocycles. The molecule has 0 radical (unpaired) electrons. The molecule has 1 amide bonds. The molecule has 0 spiro atoms. The van der Waals surface area contributed by atoms with Gasteiger partial charge in [-0.05, 0) is 12.8 Å². The van der Waals surface area contributed by atoms with Gasteiger partial charge in [-0.25, -0.2) is 0 Å². The summed E-state index contributed by atoms with van der Waals surface area (Å²) < 4.78 is 9.88. The van der Waals surface area contributed by atoms with Crippen molar-refractivity contribution in [3.63, 3.8) is 0 Å². The standard InChI is InChI=1S/C12H21NO4/c1-3-10-9-17-8-7-13(10)11(14)5-4-6-12(15)16-2/h10H,3-9H2,1-2H3/t10-/m0/s1. The highest BCUT2D eigenvalue weighted by Gasteiger charge is 2.25. The van der Waals surface area contributed by atoms with Crippen LogP contribution in [0.4, 0.5) is 0 Å². The van der Waals surface area contributed by atoms with Gasteiger partial charge in [-0.2, -0.15) is 0 Å². The topological polar surface area (TPSA) is 55.8 Å². The van der Waals surface area contributed by atoms with Gasteiger partial charge in [-0.3, -0.25) is 9.59 Å². The Labute approximate surface area is 102 Å². The molecule has 1 aliphatic heterocycles. The van der Waals surface area contributed by atoms with E-state index in [0.717, 1.165) is 6.42 Å². The zero-order valence-corrected chi connectivity index (χ0v) is 10.6. The van der Waals surface area contributed by atoms with Crippen molar-refractivity contribution in [1.82, 2.24) is 4.90 Å². The number of morpholine rings is 1. The Morgan fingerprint density at radius 2 is 2.18 bits per heavy atom. The lowest BCUT2D eigenvalue weighted by Crippen LogP contribution is -2.48. The summed E-state index contributed by atoms with van der Waals surface area (Å²) in [5.74, 6) is -0.143. The van der Waals surface area contributed by atoms with Crippen molar-refractivity contribution in [2.75, 3.05) is 26.9 Å². The fourth-order valence-electron chi connectivity index (χ4n) is 1.95. The normalized spacial score (nSPS) is 20.1. The highest BCUT2D eigenvalue weighted by Crippen LogP contribution is 2.13. The monoisotopic (exact) mass is 243 g/mol. The number of nitrogens with zero attached hydrogens (tertiary/aromatic N) is 1. The highest BCUT2D eigenvalue weighted by atomic mass is 16.5. The summed E-state index contributed by atoms with van der Waals surface area (Å²) in [5, 5.41) is 0. The second-order valence-corrected chi connectivity index (χ2v) is 4.15. The maximum atomic E-state index is 12.0. The first-order chi connectivity index (χ1) is 8.19. The average molecular weight is 243 g/mol. The molecule has 1 atom stereocenters.